The summed E-state index contributed by atoms with van der Waals surface area (Å²) in [6.45, 7) is 4.66. The van der Waals surface area contributed by atoms with E-state index in [0.717, 1.165) is 32.1 Å². The van der Waals surface area contributed by atoms with Crippen LogP contribution in [0.2, 0.25) is 0 Å². The Hall–Kier alpha value is -1.44. The normalized spacial score (nSPS) is 17.0. The molecule has 1 aliphatic carbocycles. The first-order chi connectivity index (χ1) is 11.8. The summed E-state index contributed by atoms with van der Waals surface area (Å²) >= 11 is 0. The van der Waals surface area contributed by atoms with E-state index in [-0.39, 0.29) is 29.3 Å². The molecule has 0 bridgehead atoms. The number of sulfonamides is 1. The monoisotopic (exact) mass is 367 g/mol. The summed E-state index contributed by atoms with van der Waals surface area (Å²) in [5.74, 6) is 0.444. The first kappa shape index (κ1) is 19.9. The topological polar surface area (TPSA) is 101 Å². The van der Waals surface area contributed by atoms with Crippen LogP contribution in [-0.4, -0.2) is 27.4 Å². The minimum absolute atomic E-state index is 0.00293. The number of carbonyl (C=O) groups excluding carboxylic acids is 1. The minimum Gasteiger partial charge on any atom is -0.329 e. The molecule has 0 unspecified atom stereocenters. The maximum Gasteiger partial charge on any atom is 0.240 e. The van der Waals surface area contributed by atoms with Gasteiger partial charge in [0.25, 0.3) is 0 Å². The van der Waals surface area contributed by atoms with Crippen LogP contribution < -0.4 is 15.8 Å². The lowest BCUT2D eigenvalue weighted by atomic mass is 9.77. The third-order valence-corrected chi connectivity index (χ3v) is 6.14. The molecule has 0 aliphatic heterocycles. The van der Waals surface area contributed by atoms with Crippen molar-refractivity contribution in [2.45, 2.75) is 50.8 Å². The standard InChI is InChI=1S/C18H29N3O3S/c1-14(2)13-18(8-3-4-9-18)17(22)21-15-6-5-7-16(12-15)25(23,24)20-11-10-19/h5-7,12,14,20H,3-4,8-11,13,19H2,1-2H3,(H,21,22). The van der Waals surface area contributed by atoms with Gasteiger partial charge in [-0.15, -0.1) is 0 Å². The van der Waals surface area contributed by atoms with Crippen LogP contribution in [0.25, 0.3) is 0 Å². The van der Waals surface area contributed by atoms with Crippen LogP contribution in [-0.2, 0) is 14.8 Å². The molecule has 4 N–H and O–H groups in total. The molecule has 1 saturated carbocycles. The van der Waals surface area contributed by atoms with Crippen molar-refractivity contribution in [3.8, 4) is 0 Å². The molecule has 2 rings (SSSR count). The second-order valence-corrected chi connectivity index (χ2v) is 9.02. The number of carbonyl (C=O) groups is 1. The molecule has 0 heterocycles. The highest BCUT2D eigenvalue weighted by atomic mass is 32.2. The van der Waals surface area contributed by atoms with Crippen molar-refractivity contribution in [2.75, 3.05) is 18.4 Å². The average Bonchev–Trinajstić information content (AvgIpc) is 3.02. The molecule has 7 heteroatoms. The summed E-state index contributed by atoms with van der Waals surface area (Å²) in [7, 11) is -3.62. The van der Waals surface area contributed by atoms with Crippen LogP contribution in [0.15, 0.2) is 29.2 Å². The van der Waals surface area contributed by atoms with Gasteiger partial charge in [-0.05, 0) is 43.4 Å². The van der Waals surface area contributed by atoms with E-state index < -0.39 is 10.0 Å². The lowest BCUT2D eigenvalue weighted by Gasteiger charge is -2.29. The molecule has 1 aliphatic rings. The maximum atomic E-state index is 12.9. The number of hydrogen-bond donors (Lipinski definition) is 3. The molecule has 0 atom stereocenters. The molecule has 0 aromatic heterocycles. The van der Waals surface area contributed by atoms with Crippen molar-refractivity contribution < 1.29 is 13.2 Å². The summed E-state index contributed by atoms with van der Waals surface area (Å²) in [4.78, 5) is 13.0. The van der Waals surface area contributed by atoms with E-state index in [9.17, 15) is 13.2 Å². The van der Waals surface area contributed by atoms with E-state index in [2.05, 4.69) is 23.9 Å². The van der Waals surface area contributed by atoms with Gasteiger partial charge in [0.2, 0.25) is 15.9 Å². The van der Waals surface area contributed by atoms with Crippen molar-refractivity contribution in [1.29, 1.82) is 0 Å². The fourth-order valence-electron chi connectivity index (χ4n) is 3.64. The number of amides is 1. The zero-order valence-corrected chi connectivity index (χ0v) is 15.9. The molecular formula is C18H29N3O3S. The fraction of sp³-hybridized carbons (Fsp3) is 0.611. The van der Waals surface area contributed by atoms with Gasteiger partial charge in [-0.2, -0.15) is 0 Å². The summed E-state index contributed by atoms with van der Waals surface area (Å²) in [6.07, 6.45) is 4.78. The van der Waals surface area contributed by atoms with Crippen LogP contribution in [0.5, 0.6) is 0 Å². The largest absolute Gasteiger partial charge is 0.329 e. The molecule has 25 heavy (non-hydrogen) atoms. The summed E-state index contributed by atoms with van der Waals surface area (Å²) < 4.78 is 26.9. The van der Waals surface area contributed by atoms with Crippen LogP contribution in [0.1, 0.15) is 46.0 Å². The Balaban J connectivity index is 2.17. The molecule has 140 valence electrons. The number of nitrogens with one attached hydrogen (secondary N) is 2. The van der Waals surface area contributed by atoms with Crippen molar-refractivity contribution in [1.82, 2.24) is 4.72 Å². The Morgan fingerprint density at radius 3 is 2.56 bits per heavy atom. The van der Waals surface area contributed by atoms with Crippen LogP contribution in [0, 0.1) is 11.3 Å². The van der Waals surface area contributed by atoms with Gasteiger partial charge in [-0.1, -0.05) is 32.8 Å². The Kier molecular flexibility index (Phi) is 6.59. The van der Waals surface area contributed by atoms with Gasteiger partial charge in [0.1, 0.15) is 0 Å². The zero-order valence-electron chi connectivity index (χ0n) is 15.0. The van der Waals surface area contributed by atoms with Gasteiger partial charge in [-0.3, -0.25) is 4.79 Å². The molecule has 1 fully saturated rings. The number of benzene rings is 1. The minimum atomic E-state index is -3.62. The fourth-order valence-corrected chi connectivity index (χ4v) is 4.73. The van der Waals surface area contributed by atoms with Crippen molar-refractivity contribution in [3.05, 3.63) is 24.3 Å². The maximum absolute atomic E-state index is 12.9. The van der Waals surface area contributed by atoms with E-state index in [1.54, 1.807) is 12.1 Å². The van der Waals surface area contributed by atoms with E-state index in [1.165, 1.54) is 12.1 Å². The van der Waals surface area contributed by atoms with Crippen LogP contribution in [0.3, 0.4) is 0 Å². The summed E-state index contributed by atoms with van der Waals surface area (Å²) in [6, 6.07) is 6.36. The van der Waals surface area contributed by atoms with Crippen LogP contribution in [0.4, 0.5) is 5.69 Å². The number of nitrogens with two attached hydrogens (primary N) is 1. The third-order valence-electron chi connectivity index (χ3n) is 4.68. The SMILES string of the molecule is CC(C)CC1(C(=O)Nc2cccc(S(=O)(=O)NCCN)c2)CCCC1. The molecule has 6 nitrogen and oxygen atoms in total. The first-order valence-corrected chi connectivity index (χ1v) is 10.4. The Bertz CT molecular complexity index is 695. The number of rotatable bonds is 8. The predicted molar refractivity (Wildman–Crippen MR) is 99.7 cm³/mol. The molecule has 1 aromatic rings. The summed E-state index contributed by atoms with van der Waals surface area (Å²) in [5, 5.41) is 2.94. The number of anilines is 1. The van der Waals surface area contributed by atoms with Crippen molar-refractivity contribution in [3.63, 3.8) is 0 Å². The van der Waals surface area contributed by atoms with E-state index in [1.807, 2.05) is 0 Å². The molecular weight excluding hydrogens is 338 g/mol. The Labute approximate surface area is 150 Å². The van der Waals surface area contributed by atoms with E-state index in [4.69, 9.17) is 5.73 Å². The van der Waals surface area contributed by atoms with Crippen LogP contribution >= 0.6 is 0 Å². The second-order valence-electron chi connectivity index (χ2n) is 7.25. The van der Waals surface area contributed by atoms with E-state index >= 15 is 0 Å². The van der Waals surface area contributed by atoms with Crippen molar-refractivity contribution in [2.24, 2.45) is 17.1 Å². The third kappa shape index (κ3) is 5.03. The van der Waals surface area contributed by atoms with E-state index in [0.29, 0.717) is 11.6 Å². The van der Waals surface area contributed by atoms with Crippen molar-refractivity contribution >= 4 is 21.6 Å². The highest BCUT2D eigenvalue weighted by Gasteiger charge is 2.41. The quantitative estimate of drug-likeness (QED) is 0.657. The Morgan fingerprint density at radius 2 is 1.96 bits per heavy atom. The number of hydrogen-bond acceptors (Lipinski definition) is 4. The smallest absolute Gasteiger partial charge is 0.240 e. The van der Waals surface area contributed by atoms with Gasteiger partial charge in [0.05, 0.1) is 4.90 Å². The average molecular weight is 368 g/mol. The lowest BCUT2D eigenvalue weighted by molar-refractivity contribution is -0.126. The van der Waals surface area contributed by atoms with Gasteiger partial charge in [-0.25, -0.2) is 13.1 Å². The predicted octanol–water partition coefficient (Wildman–Crippen LogP) is 2.47. The molecule has 1 amide bonds. The Morgan fingerprint density at radius 1 is 1.28 bits per heavy atom. The van der Waals surface area contributed by atoms with Gasteiger partial charge in [0.15, 0.2) is 0 Å². The highest BCUT2D eigenvalue weighted by Crippen LogP contribution is 2.44. The molecule has 1 aromatic carbocycles. The molecule has 0 radical (unpaired) electrons. The summed E-state index contributed by atoms with van der Waals surface area (Å²) in [5.41, 5.74) is 5.53. The highest BCUT2D eigenvalue weighted by molar-refractivity contribution is 7.89. The zero-order chi connectivity index (χ0) is 18.5. The molecule has 0 spiro atoms. The second kappa shape index (κ2) is 8.29. The van der Waals surface area contributed by atoms with Gasteiger partial charge in [0, 0.05) is 24.2 Å². The molecule has 0 saturated heterocycles. The first-order valence-electron chi connectivity index (χ1n) is 8.90. The lowest BCUT2D eigenvalue weighted by Crippen LogP contribution is -2.35. The van der Waals surface area contributed by atoms with Gasteiger partial charge >= 0.3 is 0 Å². The van der Waals surface area contributed by atoms with Gasteiger partial charge < -0.3 is 11.1 Å².